The largest absolute Gasteiger partial charge is 0.476 e. The molecule has 3 rings (SSSR count). The number of hydrogen-bond acceptors (Lipinski definition) is 7. The highest BCUT2D eigenvalue weighted by Crippen LogP contribution is 2.39. The van der Waals surface area contributed by atoms with Crippen molar-refractivity contribution in [1.82, 2.24) is 10.2 Å². The molecule has 0 saturated carbocycles. The topological polar surface area (TPSA) is 93.7 Å². The third-order valence-electron chi connectivity index (χ3n) is 3.62. The van der Waals surface area contributed by atoms with E-state index in [0.29, 0.717) is 33.2 Å². The Hall–Kier alpha value is -2.23. The maximum absolute atomic E-state index is 12.7. The number of aromatic nitrogens is 2. The molecule has 1 aromatic heterocycles. The van der Waals surface area contributed by atoms with Crippen LogP contribution in [-0.4, -0.2) is 41.3 Å². The fourth-order valence-corrected chi connectivity index (χ4v) is 3.38. The zero-order valence-corrected chi connectivity index (χ0v) is 16.0. The van der Waals surface area contributed by atoms with E-state index < -0.39 is 11.5 Å². The zero-order valence-electron chi connectivity index (χ0n) is 14.4. The number of carbonyl (C=O) groups is 2. The molecule has 1 aromatic carbocycles. The van der Waals surface area contributed by atoms with E-state index in [2.05, 4.69) is 15.5 Å². The first-order valence-electron chi connectivity index (χ1n) is 7.72. The molecular formula is C16H17ClN4O4S. The van der Waals surface area contributed by atoms with Crippen molar-refractivity contribution in [3.63, 3.8) is 0 Å². The SMILES string of the molecule is COCc1nnc(NC(=O)CN2C(=O)C(C)(C)Oc3ccc(Cl)cc32)s1. The standard InChI is InChI=1S/C16H17ClN4O4S/c1-16(2)14(23)21(10-6-9(17)4-5-11(10)25-16)7-12(22)18-15-20-19-13(26-15)8-24-3/h4-6H,7-8H2,1-3H3,(H,18,20,22). The Balaban J connectivity index is 1.79. The highest BCUT2D eigenvalue weighted by Gasteiger charge is 2.41. The van der Waals surface area contributed by atoms with Gasteiger partial charge < -0.3 is 9.47 Å². The molecule has 2 heterocycles. The van der Waals surface area contributed by atoms with Gasteiger partial charge in [-0.15, -0.1) is 10.2 Å². The molecule has 2 amide bonds. The molecule has 0 atom stereocenters. The average molecular weight is 397 g/mol. The van der Waals surface area contributed by atoms with Crippen LogP contribution in [0.5, 0.6) is 5.75 Å². The number of anilines is 2. The molecule has 8 nitrogen and oxygen atoms in total. The highest BCUT2D eigenvalue weighted by molar-refractivity contribution is 7.15. The van der Waals surface area contributed by atoms with Gasteiger partial charge >= 0.3 is 0 Å². The molecule has 1 aliphatic heterocycles. The van der Waals surface area contributed by atoms with Crippen LogP contribution in [0.15, 0.2) is 18.2 Å². The Bertz CT molecular complexity index is 855. The Labute approximate surface area is 159 Å². The van der Waals surface area contributed by atoms with Crippen molar-refractivity contribution in [3.8, 4) is 5.75 Å². The summed E-state index contributed by atoms with van der Waals surface area (Å²) < 4.78 is 10.7. The Morgan fingerprint density at radius 3 is 2.92 bits per heavy atom. The van der Waals surface area contributed by atoms with Crippen LogP contribution in [0.1, 0.15) is 18.9 Å². The summed E-state index contributed by atoms with van der Waals surface area (Å²) >= 11 is 7.25. The summed E-state index contributed by atoms with van der Waals surface area (Å²) in [6, 6.07) is 4.95. The van der Waals surface area contributed by atoms with E-state index in [1.54, 1.807) is 39.2 Å². The van der Waals surface area contributed by atoms with Crippen LogP contribution in [0.2, 0.25) is 5.02 Å². The third kappa shape index (κ3) is 3.79. The molecule has 0 saturated heterocycles. The van der Waals surface area contributed by atoms with Crippen molar-refractivity contribution < 1.29 is 19.1 Å². The van der Waals surface area contributed by atoms with Crippen molar-refractivity contribution >= 4 is 45.6 Å². The number of benzene rings is 1. The van der Waals surface area contributed by atoms with E-state index in [-0.39, 0.29) is 12.5 Å². The lowest BCUT2D eigenvalue weighted by atomic mass is 10.0. The van der Waals surface area contributed by atoms with Gasteiger partial charge in [0, 0.05) is 12.1 Å². The maximum atomic E-state index is 12.7. The minimum Gasteiger partial charge on any atom is -0.476 e. The van der Waals surface area contributed by atoms with Crippen molar-refractivity contribution in [3.05, 3.63) is 28.2 Å². The molecule has 10 heteroatoms. The Kier molecular flexibility index (Phi) is 5.12. The van der Waals surface area contributed by atoms with Gasteiger partial charge in [0.1, 0.15) is 23.9 Å². The second-order valence-corrected chi connectivity index (χ2v) is 7.60. The van der Waals surface area contributed by atoms with Gasteiger partial charge in [0.2, 0.25) is 11.0 Å². The molecule has 138 valence electrons. The van der Waals surface area contributed by atoms with E-state index in [1.165, 1.54) is 16.2 Å². The first-order valence-corrected chi connectivity index (χ1v) is 8.91. The number of ether oxygens (including phenoxy) is 2. The van der Waals surface area contributed by atoms with Gasteiger partial charge in [0.15, 0.2) is 5.60 Å². The minimum atomic E-state index is -1.09. The number of amides is 2. The van der Waals surface area contributed by atoms with Gasteiger partial charge in [-0.2, -0.15) is 0 Å². The lowest BCUT2D eigenvalue weighted by Gasteiger charge is -2.38. The maximum Gasteiger partial charge on any atom is 0.271 e. The first kappa shape index (κ1) is 18.6. The van der Waals surface area contributed by atoms with Crippen LogP contribution in [0.3, 0.4) is 0 Å². The quantitative estimate of drug-likeness (QED) is 0.834. The molecule has 0 spiro atoms. The van der Waals surface area contributed by atoms with Crippen LogP contribution >= 0.6 is 22.9 Å². The van der Waals surface area contributed by atoms with Crippen LogP contribution in [-0.2, 0) is 20.9 Å². The first-order chi connectivity index (χ1) is 12.3. The fraction of sp³-hybridized carbons (Fsp3) is 0.375. The average Bonchev–Trinajstić information content (AvgIpc) is 3.00. The second kappa shape index (κ2) is 7.18. The molecule has 1 N–H and O–H groups in total. The second-order valence-electron chi connectivity index (χ2n) is 6.10. The number of carbonyl (C=O) groups excluding carboxylic acids is 2. The summed E-state index contributed by atoms with van der Waals surface area (Å²) in [5.74, 6) is -0.244. The van der Waals surface area contributed by atoms with Gasteiger partial charge in [-0.05, 0) is 32.0 Å². The summed E-state index contributed by atoms with van der Waals surface area (Å²) in [5.41, 5.74) is -0.635. The molecule has 0 unspecified atom stereocenters. The summed E-state index contributed by atoms with van der Waals surface area (Å²) in [6.45, 7) is 3.42. The Morgan fingerprint density at radius 2 is 2.19 bits per heavy atom. The number of hydrogen-bond donors (Lipinski definition) is 1. The molecule has 26 heavy (non-hydrogen) atoms. The summed E-state index contributed by atoms with van der Waals surface area (Å²) in [7, 11) is 1.55. The van der Waals surface area contributed by atoms with Crippen molar-refractivity contribution in [1.29, 1.82) is 0 Å². The molecule has 0 aliphatic carbocycles. The lowest BCUT2D eigenvalue weighted by molar-refractivity contribution is -0.133. The highest BCUT2D eigenvalue weighted by atomic mass is 35.5. The van der Waals surface area contributed by atoms with Gasteiger partial charge in [0.25, 0.3) is 5.91 Å². The molecular weight excluding hydrogens is 380 g/mol. The van der Waals surface area contributed by atoms with E-state index in [4.69, 9.17) is 21.1 Å². The van der Waals surface area contributed by atoms with Crippen LogP contribution in [0.25, 0.3) is 0 Å². The minimum absolute atomic E-state index is 0.196. The van der Waals surface area contributed by atoms with Crippen LogP contribution < -0.4 is 15.0 Å². The number of halogens is 1. The number of fused-ring (bicyclic) bond motifs is 1. The predicted molar refractivity (Wildman–Crippen MR) is 97.8 cm³/mol. The number of rotatable bonds is 5. The van der Waals surface area contributed by atoms with Gasteiger partial charge in [-0.1, -0.05) is 22.9 Å². The summed E-state index contributed by atoms with van der Waals surface area (Å²) in [5, 5.41) is 11.9. The molecule has 0 bridgehead atoms. The predicted octanol–water partition coefficient (Wildman–Crippen LogP) is 2.48. The number of methoxy groups -OCH3 is 1. The number of nitrogens with one attached hydrogen (secondary N) is 1. The summed E-state index contributed by atoms with van der Waals surface area (Å²) in [6.07, 6.45) is 0. The van der Waals surface area contributed by atoms with Crippen molar-refractivity contribution in [2.75, 3.05) is 23.9 Å². The molecule has 0 radical (unpaired) electrons. The van der Waals surface area contributed by atoms with Crippen LogP contribution in [0.4, 0.5) is 10.8 Å². The monoisotopic (exact) mass is 396 g/mol. The smallest absolute Gasteiger partial charge is 0.271 e. The van der Waals surface area contributed by atoms with E-state index in [0.717, 1.165) is 0 Å². The number of nitrogens with zero attached hydrogens (tertiary/aromatic N) is 3. The van der Waals surface area contributed by atoms with E-state index >= 15 is 0 Å². The summed E-state index contributed by atoms with van der Waals surface area (Å²) in [4.78, 5) is 26.5. The van der Waals surface area contributed by atoms with Crippen LogP contribution in [0, 0.1) is 0 Å². The molecule has 0 fully saturated rings. The lowest BCUT2D eigenvalue weighted by Crippen LogP contribution is -2.54. The zero-order chi connectivity index (χ0) is 18.9. The third-order valence-corrected chi connectivity index (χ3v) is 4.67. The molecule has 2 aromatic rings. The van der Waals surface area contributed by atoms with Crippen molar-refractivity contribution in [2.45, 2.75) is 26.1 Å². The van der Waals surface area contributed by atoms with E-state index in [1.807, 2.05) is 0 Å². The van der Waals surface area contributed by atoms with Gasteiger partial charge in [-0.25, -0.2) is 0 Å². The van der Waals surface area contributed by atoms with Crippen molar-refractivity contribution in [2.24, 2.45) is 0 Å². The van der Waals surface area contributed by atoms with E-state index in [9.17, 15) is 9.59 Å². The Morgan fingerprint density at radius 1 is 1.42 bits per heavy atom. The molecule has 1 aliphatic rings. The fourth-order valence-electron chi connectivity index (χ4n) is 2.49. The van der Waals surface area contributed by atoms with Gasteiger partial charge in [0.05, 0.1) is 5.69 Å². The van der Waals surface area contributed by atoms with Gasteiger partial charge in [-0.3, -0.25) is 19.8 Å². The normalized spacial score (nSPS) is 15.4.